The molecular weight excluding hydrogens is 349 g/mol. The average molecular weight is 367 g/mol. The number of hydrogen-bond donors (Lipinski definition) is 1. The van der Waals surface area contributed by atoms with Crippen molar-refractivity contribution < 1.29 is 27.1 Å². The number of carbonyl (C=O) groups excluding carboxylic acids is 1. The molecule has 2 aromatic rings. The van der Waals surface area contributed by atoms with E-state index in [2.05, 4.69) is 9.46 Å². The number of esters is 1. The molecule has 2 rings (SSSR count). The molecule has 0 saturated heterocycles. The van der Waals surface area contributed by atoms with E-state index in [0.29, 0.717) is 5.56 Å². The van der Waals surface area contributed by atoms with E-state index in [-0.39, 0.29) is 17.0 Å². The Kier molecular flexibility index (Phi) is 6.24. The SMILES string of the molecule is COC(=O)c1ccc(S(=O)(=O)NCC(OC)c2cccc(F)c2)cc1. The molecule has 0 fully saturated rings. The maximum atomic E-state index is 13.3. The number of carbonyl (C=O) groups is 1. The van der Waals surface area contributed by atoms with Crippen molar-refractivity contribution in [3.63, 3.8) is 0 Å². The number of halogens is 1. The molecule has 25 heavy (non-hydrogen) atoms. The Balaban J connectivity index is 2.11. The Labute approximate surface area is 145 Å². The second-order valence-electron chi connectivity index (χ2n) is 5.15. The van der Waals surface area contributed by atoms with Crippen LogP contribution in [0.3, 0.4) is 0 Å². The maximum Gasteiger partial charge on any atom is 0.337 e. The highest BCUT2D eigenvalue weighted by molar-refractivity contribution is 7.89. The van der Waals surface area contributed by atoms with Crippen LogP contribution in [-0.2, 0) is 19.5 Å². The molecule has 134 valence electrons. The lowest BCUT2D eigenvalue weighted by Gasteiger charge is -2.17. The molecule has 0 aliphatic heterocycles. The fourth-order valence-corrected chi connectivity index (χ4v) is 3.23. The molecule has 1 N–H and O–H groups in total. The molecule has 8 heteroatoms. The first-order chi connectivity index (χ1) is 11.9. The van der Waals surface area contributed by atoms with Crippen molar-refractivity contribution in [1.82, 2.24) is 4.72 Å². The highest BCUT2D eigenvalue weighted by atomic mass is 32.2. The Morgan fingerprint density at radius 2 is 1.84 bits per heavy atom. The predicted octanol–water partition coefficient (Wildman–Crippen LogP) is 2.28. The van der Waals surface area contributed by atoms with Crippen LogP contribution >= 0.6 is 0 Å². The molecule has 1 unspecified atom stereocenters. The molecule has 0 aromatic heterocycles. The maximum absolute atomic E-state index is 13.3. The smallest absolute Gasteiger partial charge is 0.337 e. The lowest BCUT2D eigenvalue weighted by molar-refractivity contribution is 0.0600. The molecule has 0 aliphatic rings. The first-order valence-corrected chi connectivity index (χ1v) is 8.82. The lowest BCUT2D eigenvalue weighted by Crippen LogP contribution is -2.29. The van der Waals surface area contributed by atoms with Gasteiger partial charge in [-0.2, -0.15) is 0 Å². The van der Waals surface area contributed by atoms with Crippen LogP contribution in [0, 0.1) is 5.82 Å². The Hall–Kier alpha value is -2.29. The van der Waals surface area contributed by atoms with Gasteiger partial charge in [-0.3, -0.25) is 0 Å². The number of methoxy groups -OCH3 is 2. The number of hydrogen-bond acceptors (Lipinski definition) is 5. The second kappa shape index (κ2) is 8.19. The van der Waals surface area contributed by atoms with Crippen molar-refractivity contribution >= 4 is 16.0 Å². The lowest BCUT2D eigenvalue weighted by atomic mass is 10.1. The van der Waals surface area contributed by atoms with Crippen molar-refractivity contribution in [2.24, 2.45) is 0 Å². The van der Waals surface area contributed by atoms with Gasteiger partial charge in [0.1, 0.15) is 5.82 Å². The number of rotatable bonds is 7. The van der Waals surface area contributed by atoms with Crippen LogP contribution in [0.5, 0.6) is 0 Å². The van der Waals surface area contributed by atoms with Gasteiger partial charge in [-0.1, -0.05) is 12.1 Å². The van der Waals surface area contributed by atoms with Gasteiger partial charge in [0.25, 0.3) is 0 Å². The van der Waals surface area contributed by atoms with E-state index < -0.39 is 27.9 Å². The van der Waals surface area contributed by atoms with Gasteiger partial charge in [0.2, 0.25) is 10.0 Å². The molecule has 0 saturated carbocycles. The van der Waals surface area contributed by atoms with E-state index >= 15 is 0 Å². The van der Waals surface area contributed by atoms with E-state index in [4.69, 9.17) is 4.74 Å². The van der Waals surface area contributed by atoms with Crippen molar-refractivity contribution in [3.8, 4) is 0 Å². The van der Waals surface area contributed by atoms with Crippen LogP contribution in [0.1, 0.15) is 22.0 Å². The number of benzene rings is 2. The summed E-state index contributed by atoms with van der Waals surface area (Å²) in [5.41, 5.74) is 0.766. The molecule has 0 amide bonds. The summed E-state index contributed by atoms with van der Waals surface area (Å²) in [6.45, 7) is -0.0684. The van der Waals surface area contributed by atoms with E-state index in [9.17, 15) is 17.6 Å². The summed E-state index contributed by atoms with van der Waals surface area (Å²) in [5.74, 6) is -0.983. The third kappa shape index (κ3) is 4.85. The zero-order valence-electron chi connectivity index (χ0n) is 13.7. The Bertz CT molecular complexity index is 836. The first-order valence-electron chi connectivity index (χ1n) is 7.33. The van der Waals surface area contributed by atoms with Gasteiger partial charge < -0.3 is 9.47 Å². The predicted molar refractivity (Wildman–Crippen MR) is 89.1 cm³/mol. The van der Waals surface area contributed by atoms with Crippen molar-refractivity contribution in [3.05, 3.63) is 65.5 Å². The van der Waals surface area contributed by atoms with Crippen molar-refractivity contribution in [2.75, 3.05) is 20.8 Å². The van der Waals surface area contributed by atoms with Crippen molar-refractivity contribution in [1.29, 1.82) is 0 Å². The van der Waals surface area contributed by atoms with Gasteiger partial charge >= 0.3 is 5.97 Å². The Morgan fingerprint density at radius 1 is 1.16 bits per heavy atom. The number of nitrogens with one attached hydrogen (secondary N) is 1. The van der Waals surface area contributed by atoms with Crippen molar-refractivity contribution in [2.45, 2.75) is 11.0 Å². The number of ether oxygens (including phenoxy) is 2. The Morgan fingerprint density at radius 3 is 2.40 bits per heavy atom. The highest BCUT2D eigenvalue weighted by Crippen LogP contribution is 2.18. The minimum absolute atomic E-state index is 0.00533. The van der Waals surface area contributed by atoms with E-state index in [0.717, 1.165) is 0 Å². The van der Waals surface area contributed by atoms with Crippen LogP contribution < -0.4 is 4.72 Å². The largest absolute Gasteiger partial charge is 0.465 e. The summed E-state index contributed by atoms with van der Waals surface area (Å²) in [6, 6.07) is 11.1. The molecule has 0 spiro atoms. The zero-order chi connectivity index (χ0) is 18.4. The monoisotopic (exact) mass is 367 g/mol. The highest BCUT2D eigenvalue weighted by Gasteiger charge is 2.19. The molecule has 0 radical (unpaired) electrons. The summed E-state index contributed by atoms with van der Waals surface area (Å²) in [4.78, 5) is 11.4. The first kappa shape index (κ1) is 19.0. The molecule has 0 heterocycles. The topological polar surface area (TPSA) is 81.7 Å². The zero-order valence-corrected chi connectivity index (χ0v) is 14.5. The van der Waals surface area contributed by atoms with Crippen LogP contribution in [-0.4, -0.2) is 35.2 Å². The molecule has 0 aliphatic carbocycles. The van der Waals surface area contributed by atoms with Gasteiger partial charge in [0, 0.05) is 13.7 Å². The van der Waals surface area contributed by atoms with Crippen LogP contribution in [0.25, 0.3) is 0 Å². The molecule has 6 nitrogen and oxygen atoms in total. The number of sulfonamides is 1. The van der Waals surface area contributed by atoms with Gasteiger partial charge in [0.05, 0.1) is 23.7 Å². The standard InChI is InChI=1S/C17H18FNO5S/c1-23-16(13-4-3-5-14(18)10-13)11-19-25(21,22)15-8-6-12(7-9-15)17(20)24-2/h3-10,16,19H,11H2,1-2H3. The minimum Gasteiger partial charge on any atom is -0.465 e. The van der Waals surface area contributed by atoms with E-state index in [1.807, 2.05) is 0 Å². The van der Waals surface area contributed by atoms with E-state index in [1.54, 1.807) is 6.07 Å². The molecule has 2 aromatic carbocycles. The normalized spacial score (nSPS) is 12.6. The summed E-state index contributed by atoms with van der Waals surface area (Å²) in [5, 5.41) is 0. The molecule has 0 bridgehead atoms. The minimum atomic E-state index is -3.81. The quantitative estimate of drug-likeness (QED) is 0.760. The van der Waals surface area contributed by atoms with Crippen LogP contribution in [0.15, 0.2) is 53.4 Å². The molecular formula is C17H18FNO5S. The van der Waals surface area contributed by atoms with E-state index in [1.165, 1.54) is 56.7 Å². The third-order valence-corrected chi connectivity index (χ3v) is 4.99. The second-order valence-corrected chi connectivity index (χ2v) is 6.91. The summed E-state index contributed by atoms with van der Waals surface area (Å²) >= 11 is 0. The van der Waals surface area contributed by atoms with Gasteiger partial charge in [0.15, 0.2) is 0 Å². The third-order valence-electron chi connectivity index (χ3n) is 3.55. The van der Waals surface area contributed by atoms with Gasteiger partial charge in [-0.15, -0.1) is 0 Å². The molecule has 1 atom stereocenters. The summed E-state index contributed by atoms with van der Waals surface area (Å²) in [7, 11) is -1.15. The van der Waals surface area contributed by atoms with Crippen LogP contribution in [0.2, 0.25) is 0 Å². The summed E-state index contributed by atoms with van der Waals surface area (Å²) in [6.07, 6.45) is -0.639. The summed E-state index contributed by atoms with van der Waals surface area (Å²) < 4.78 is 50.2. The van der Waals surface area contributed by atoms with Gasteiger partial charge in [-0.25, -0.2) is 22.3 Å². The fourth-order valence-electron chi connectivity index (χ4n) is 2.20. The van der Waals surface area contributed by atoms with Crippen LogP contribution in [0.4, 0.5) is 4.39 Å². The average Bonchev–Trinajstić information content (AvgIpc) is 2.61. The van der Waals surface area contributed by atoms with Gasteiger partial charge in [-0.05, 0) is 42.0 Å². The fraction of sp³-hybridized carbons (Fsp3) is 0.235.